The number of carbonyl (C=O) groups is 1. The quantitative estimate of drug-likeness (QED) is 0.884. The molecule has 1 unspecified atom stereocenters. The van der Waals surface area contributed by atoms with Gasteiger partial charge >= 0.3 is 0 Å². The Bertz CT molecular complexity index is 580. The fraction of sp³-hybridized carbons (Fsp3) is 0.400. The van der Waals surface area contributed by atoms with Crippen molar-refractivity contribution in [2.24, 2.45) is 5.92 Å². The van der Waals surface area contributed by atoms with Crippen molar-refractivity contribution in [2.75, 3.05) is 18.4 Å². The van der Waals surface area contributed by atoms with Gasteiger partial charge in [0.15, 0.2) is 0 Å². The van der Waals surface area contributed by atoms with E-state index in [0.717, 1.165) is 30.8 Å². The van der Waals surface area contributed by atoms with Crippen molar-refractivity contribution >= 4 is 24.0 Å². The molecule has 3 rings (SSSR count). The van der Waals surface area contributed by atoms with E-state index >= 15 is 0 Å². The van der Waals surface area contributed by atoms with Crippen LogP contribution in [-0.4, -0.2) is 29.1 Å². The van der Waals surface area contributed by atoms with Gasteiger partial charge in [0, 0.05) is 17.7 Å². The van der Waals surface area contributed by atoms with Crippen molar-refractivity contribution in [1.29, 1.82) is 0 Å². The van der Waals surface area contributed by atoms with Crippen molar-refractivity contribution in [3.8, 4) is 11.4 Å². The van der Waals surface area contributed by atoms with Crippen molar-refractivity contribution < 1.29 is 9.32 Å². The third-order valence-corrected chi connectivity index (χ3v) is 3.73. The summed E-state index contributed by atoms with van der Waals surface area (Å²) in [5.41, 5.74) is 1.65. The second kappa shape index (κ2) is 7.91. The molecule has 1 aliphatic heterocycles. The Morgan fingerprint density at radius 1 is 1.36 bits per heavy atom. The summed E-state index contributed by atoms with van der Waals surface area (Å²) in [7, 11) is 0. The summed E-state index contributed by atoms with van der Waals surface area (Å²) in [4.78, 5) is 15.9. The van der Waals surface area contributed by atoms with Crippen molar-refractivity contribution in [3.63, 3.8) is 0 Å². The van der Waals surface area contributed by atoms with Crippen LogP contribution in [0.1, 0.15) is 19.3 Å². The molecule has 1 fully saturated rings. The molecule has 0 spiro atoms. The van der Waals surface area contributed by atoms with Crippen LogP contribution in [0.2, 0.25) is 0 Å². The van der Waals surface area contributed by atoms with Crippen molar-refractivity contribution in [1.82, 2.24) is 15.5 Å². The first-order chi connectivity index (χ1) is 10.3. The average Bonchev–Trinajstić information content (AvgIpc) is 3.19. The van der Waals surface area contributed by atoms with Gasteiger partial charge in [-0.25, -0.2) is 0 Å². The van der Waals surface area contributed by atoms with E-state index in [1.54, 1.807) is 0 Å². The molecule has 7 heteroatoms. The predicted octanol–water partition coefficient (Wildman–Crippen LogP) is 2.49. The lowest BCUT2D eigenvalue weighted by molar-refractivity contribution is -0.116. The highest BCUT2D eigenvalue weighted by atomic mass is 35.5. The monoisotopic (exact) mass is 322 g/mol. The molecule has 1 atom stereocenters. The highest BCUT2D eigenvalue weighted by Gasteiger charge is 2.15. The van der Waals surface area contributed by atoms with Gasteiger partial charge in [0.1, 0.15) is 0 Å². The van der Waals surface area contributed by atoms with Gasteiger partial charge in [-0.1, -0.05) is 5.16 Å². The summed E-state index contributed by atoms with van der Waals surface area (Å²) in [6.07, 6.45) is 3.98. The van der Waals surface area contributed by atoms with Gasteiger partial charge in [0.2, 0.25) is 18.1 Å². The van der Waals surface area contributed by atoms with Gasteiger partial charge in [-0.2, -0.15) is 4.98 Å². The minimum atomic E-state index is 0. The first-order valence-electron chi connectivity index (χ1n) is 7.18. The number of aromatic nitrogens is 2. The van der Waals surface area contributed by atoms with E-state index in [0.29, 0.717) is 18.2 Å². The zero-order valence-corrected chi connectivity index (χ0v) is 12.9. The van der Waals surface area contributed by atoms with E-state index in [9.17, 15) is 4.79 Å². The summed E-state index contributed by atoms with van der Waals surface area (Å²) in [6.45, 7) is 2.11. The maximum atomic E-state index is 11.9. The molecule has 2 N–H and O–H groups in total. The molecule has 1 saturated heterocycles. The number of benzene rings is 1. The molecular weight excluding hydrogens is 304 g/mol. The van der Waals surface area contributed by atoms with E-state index in [1.165, 1.54) is 12.8 Å². The molecule has 2 heterocycles. The van der Waals surface area contributed by atoms with Crippen LogP contribution in [0.3, 0.4) is 0 Å². The molecule has 0 aliphatic carbocycles. The molecule has 1 aliphatic rings. The second-order valence-corrected chi connectivity index (χ2v) is 5.28. The highest BCUT2D eigenvalue weighted by Crippen LogP contribution is 2.19. The highest BCUT2D eigenvalue weighted by molar-refractivity contribution is 5.90. The van der Waals surface area contributed by atoms with E-state index < -0.39 is 0 Å². The molecule has 2 aromatic rings. The Kier molecular flexibility index (Phi) is 5.91. The van der Waals surface area contributed by atoms with Gasteiger partial charge in [-0.3, -0.25) is 4.79 Å². The number of hydrogen-bond donors (Lipinski definition) is 2. The summed E-state index contributed by atoms with van der Waals surface area (Å²) >= 11 is 0. The lowest BCUT2D eigenvalue weighted by Gasteiger charge is -2.09. The Balaban J connectivity index is 0.00000176. The van der Waals surface area contributed by atoms with Crippen LogP contribution in [-0.2, 0) is 4.79 Å². The van der Waals surface area contributed by atoms with Gasteiger partial charge < -0.3 is 15.2 Å². The molecule has 0 saturated carbocycles. The van der Waals surface area contributed by atoms with Gasteiger partial charge in [0.25, 0.3) is 0 Å². The van der Waals surface area contributed by atoms with Crippen molar-refractivity contribution in [2.45, 2.75) is 19.3 Å². The summed E-state index contributed by atoms with van der Waals surface area (Å²) in [5, 5.41) is 10.0. The number of rotatable bonds is 5. The SMILES string of the molecule is Cl.O=C(CCC1CCNC1)Nc1ccc(-c2ncon2)cc1. The molecule has 0 bridgehead atoms. The van der Waals surface area contributed by atoms with E-state index in [1.807, 2.05) is 24.3 Å². The standard InChI is InChI=1S/C15H18N4O2.ClH/c20-14(6-1-11-7-8-16-9-11)18-13-4-2-12(3-5-13)15-17-10-21-19-15;/h2-5,10-11,16H,1,6-9H2,(H,18,20);1H. The summed E-state index contributed by atoms with van der Waals surface area (Å²) in [6, 6.07) is 7.42. The van der Waals surface area contributed by atoms with Crippen LogP contribution in [0, 0.1) is 5.92 Å². The fourth-order valence-corrected chi connectivity index (χ4v) is 2.52. The maximum Gasteiger partial charge on any atom is 0.224 e. The Morgan fingerprint density at radius 3 is 2.82 bits per heavy atom. The van der Waals surface area contributed by atoms with Gasteiger partial charge in [0.05, 0.1) is 0 Å². The second-order valence-electron chi connectivity index (χ2n) is 5.28. The minimum Gasteiger partial charge on any atom is -0.342 e. The van der Waals surface area contributed by atoms with E-state index in [-0.39, 0.29) is 18.3 Å². The molecule has 6 nitrogen and oxygen atoms in total. The number of hydrogen-bond acceptors (Lipinski definition) is 5. The minimum absolute atomic E-state index is 0. The van der Waals surface area contributed by atoms with Gasteiger partial charge in [-0.15, -0.1) is 12.4 Å². The normalized spacial score (nSPS) is 17.0. The van der Waals surface area contributed by atoms with E-state index in [2.05, 4.69) is 20.8 Å². The van der Waals surface area contributed by atoms with Crippen LogP contribution in [0.15, 0.2) is 35.2 Å². The molecule has 118 valence electrons. The Labute approximate surface area is 135 Å². The number of nitrogens with zero attached hydrogens (tertiary/aromatic N) is 2. The molecule has 1 aromatic heterocycles. The molecule has 1 amide bonds. The fourth-order valence-electron chi connectivity index (χ4n) is 2.52. The first-order valence-corrected chi connectivity index (χ1v) is 7.18. The Morgan fingerprint density at radius 2 is 2.18 bits per heavy atom. The van der Waals surface area contributed by atoms with Crippen LogP contribution in [0.5, 0.6) is 0 Å². The lowest BCUT2D eigenvalue weighted by Crippen LogP contribution is -2.14. The zero-order valence-electron chi connectivity index (χ0n) is 12.1. The van der Waals surface area contributed by atoms with Crippen LogP contribution in [0.4, 0.5) is 5.69 Å². The number of carbonyl (C=O) groups excluding carboxylic acids is 1. The van der Waals surface area contributed by atoms with Crippen molar-refractivity contribution in [3.05, 3.63) is 30.7 Å². The van der Waals surface area contributed by atoms with E-state index in [4.69, 9.17) is 4.52 Å². The number of amides is 1. The Hall–Kier alpha value is -1.92. The van der Waals surface area contributed by atoms with Crippen LogP contribution < -0.4 is 10.6 Å². The first kappa shape index (κ1) is 16.5. The molecule has 22 heavy (non-hydrogen) atoms. The van der Waals surface area contributed by atoms with Gasteiger partial charge in [-0.05, 0) is 56.1 Å². The summed E-state index contributed by atoms with van der Waals surface area (Å²) < 4.78 is 4.71. The third-order valence-electron chi connectivity index (χ3n) is 3.73. The molecular formula is C15H19ClN4O2. The average molecular weight is 323 g/mol. The zero-order chi connectivity index (χ0) is 14.5. The lowest BCUT2D eigenvalue weighted by atomic mass is 10.0. The molecule has 0 radical (unpaired) electrons. The number of halogens is 1. The number of nitrogens with one attached hydrogen (secondary N) is 2. The third kappa shape index (κ3) is 4.29. The smallest absolute Gasteiger partial charge is 0.224 e. The van der Waals surface area contributed by atoms with Crippen LogP contribution >= 0.6 is 12.4 Å². The topological polar surface area (TPSA) is 80.0 Å². The largest absolute Gasteiger partial charge is 0.342 e. The predicted molar refractivity (Wildman–Crippen MR) is 85.8 cm³/mol. The van der Waals surface area contributed by atoms with Crippen LogP contribution in [0.25, 0.3) is 11.4 Å². The maximum absolute atomic E-state index is 11.9. The molecule has 1 aromatic carbocycles. The number of anilines is 1. The summed E-state index contributed by atoms with van der Waals surface area (Å²) in [5.74, 6) is 1.24.